The van der Waals surface area contributed by atoms with E-state index in [-0.39, 0.29) is 0 Å². The highest BCUT2D eigenvalue weighted by Crippen LogP contribution is 2.33. The van der Waals surface area contributed by atoms with Crippen LogP contribution in [0, 0.1) is 23.7 Å². The monoisotopic (exact) mass is 536 g/mol. The van der Waals surface area contributed by atoms with E-state index < -0.39 is 0 Å². The highest BCUT2D eigenvalue weighted by molar-refractivity contribution is 5.78. The smallest absolute Gasteiger partial charge is 0.124 e. The van der Waals surface area contributed by atoms with Crippen LogP contribution >= 0.6 is 0 Å². The molecule has 40 heavy (non-hydrogen) atoms. The van der Waals surface area contributed by atoms with Gasteiger partial charge in [0, 0.05) is 11.1 Å². The van der Waals surface area contributed by atoms with Crippen LogP contribution < -0.4 is 0 Å². The molecule has 2 N–H and O–H groups in total. The Morgan fingerprint density at radius 3 is 1.60 bits per heavy atom. The highest BCUT2D eigenvalue weighted by Gasteiger charge is 2.29. The number of hydrogen-bond acceptors (Lipinski definition) is 4. The van der Waals surface area contributed by atoms with Crippen molar-refractivity contribution in [1.29, 1.82) is 0 Å². The maximum Gasteiger partial charge on any atom is 0.124 e. The molecule has 2 saturated heterocycles. The van der Waals surface area contributed by atoms with Gasteiger partial charge in [-0.1, -0.05) is 39.5 Å². The van der Waals surface area contributed by atoms with Crippen LogP contribution in [-0.4, -0.2) is 55.9 Å². The van der Waals surface area contributed by atoms with Crippen LogP contribution in [0.1, 0.15) is 101 Å². The van der Waals surface area contributed by atoms with Crippen LogP contribution in [-0.2, 0) is 0 Å². The minimum Gasteiger partial charge on any atom is -0.341 e. The molecule has 0 spiro atoms. The van der Waals surface area contributed by atoms with Gasteiger partial charge in [-0.2, -0.15) is 0 Å². The first-order chi connectivity index (χ1) is 19.4. The number of fused-ring (bicyclic) bond motifs is 2. The maximum atomic E-state index is 5.01. The van der Waals surface area contributed by atoms with Crippen LogP contribution in [0.3, 0.4) is 0 Å². The molecular formula is C34H44N6. The molecule has 0 aliphatic carbocycles. The van der Waals surface area contributed by atoms with E-state index in [4.69, 9.17) is 9.97 Å². The lowest BCUT2D eigenvalue weighted by Gasteiger charge is -2.23. The molecular weight excluding hydrogens is 492 g/mol. The molecule has 2 atom stereocenters. The van der Waals surface area contributed by atoms with Crippen molar-refractivity contribution in [3.8, 4) is 11.8 Å². The van der Waals surface area contributed by atoms with Gasteiger partial charge in [0.2, 0.25) is 0 Å². The topological polar surface area (TPSA) is 63.8 Å². The van der Waals surface area contributed by atoms with Crippen molar-refractivity contribution in [2.75, 3.05) is 26.2 Å². The van der Waals surface area contributed by atoms with E-state index in [1.54, 1.807) is 0 Å². The lowest BCUT2D eigenvalue weighted by atomic mass is 10.1. The Labute approximate surface area is 239 Å². The largest absolute Gasteiger partial charge is 0.341 e. The number of nitrogens with zero attached hydrogens (tertiary/aromatic N) is 4. The number of H-pyrrole nitrogens is 2. The first kappa shape index (κ1) is 27.1. The molecule has 0 radical (unpaired) electrons. The van der Waals surface area contributed by atoms with E-state index in [9.17, 15) is 0 Å². The first-order valence-electron chi connectivity index (χ1n) is 15.4. The number of imidazole rings is 2. The summed E-state index contributed by atoms with van der Waals surface area (Å²) in [4.78, 5) is 22.4. The number of aromatic amines is 2. The summed E-state index contributed by atoms with van der Waals surface area (Å²) in [6.45, 7) is 13.8. The second-order valence-corrected chi connectivity index (χ2v) is 12.7. The van der Waals surface area contributed by atoms with Gasteiger partial charge in [0.05, 0.1) is 34.2 Å². The molecule has 4 aromatic rings. The second kappa shape index (κ2) is 11.8. The standard InChI is InChI=1S/C34H44N6/c1-23(2)15-19-39-17-5-7-31(39)33-35-27-13-11-25(21-29(27)37-33)9-10-26-12-14-28-30(22-26)38-34(36-28)32-8-6-18-40(32)20-16-24(3)4/h11-14,21-24,31-32H,5-8,15-20H2,1-4H3,(H,35,37)(H,36,38)/t31-,32?/m0/s1. The predicted molar refractivity (Wildman–Crippen MR) is 164 cm³/mol. The summed E-state index contributed by atoms with van der Waals surface area (Å²) in [5.74, 6) is 10.4. The van der Waals surface area contributed by atoms with E-state index in [1.807, 2.05) is 0 Å². The summed E-state index contributed by atoms with van der Waals surface area (Å²) >= 11 is 0. The number of hydrogen-bond donors (Lipinski definition) is 2. The number of rotatable bonds is 8. The van der Waals surface area contributed by atoms with Crippen molar-refractivity contribution < 1.29 is 0 Å². The van der Waals surface area contributed by atoms with Crippen LogP contribution in [0.2, 0.25) is 0 Å². The molecule has 0 bridgehead atoms. The molecule has 2 fully saturated rings. The first-order valence-corrected chi connectivity index (χ1v) is 15.4. The van der Waals surface area contributed by atoms with E-state index in [0.29, 0.717) is 12.1 Å². The van der Waals surface area contributed by atoms with Crippen LogP contribution in [0.5, 0.6) is 0 Å². The van der Waals surface area contributed by atoms with Gasteiger partial charge in [0.1, 0.15) is 11.6 Å². The van der Waals surface area contributed by atoms with E-state index in [0.717, 1.165) is 69.8 Å². The van der Waals surface area contributed by atoms with Gasteiger partial charge in [-0.3, -0.25) is 9.80 Å². The Balaban J connectivity index is 1.17. The van der Waals surface area contributed by atoms with Gasteiger partial charge >= 0.3 is 0 Å². The number of aromatic nitrogens is 4. The number of likely N-dealkylation sites (tertiary alicyclic amines) is 2. The van der Waals surface area contributed by atoms with Gasteiger partial charge in [0.15, 0.2) is 0 Å². The Kier molecular flexibility index (Phi) is 7.96. The van der Waals surface area contributed by atoms with Crippen molar-refractivity contribution in [3.63, 3.8) is 0 Å². The molecule has 6 nitrogen and oxygen atoms in total. The molecule has 4 heterocycles. The van der Waals surface area contributed by atoms with Crippen molar-refractivity contribution in [3.05, 3.63) is 59.2 Å². The van der Waals surface area contributed by atoms with E-state index in [2.05, 4.69) is 95.7 Å². The Hall–Kier alpha value is -3.14. The third-order valence-electron chi connectivity index (χ3n) is 8.70. The van der Waals surface area contributed by atoms with Gasteiger partial charge in [0.25, 0.3) is 0 Å². The second-order valence-electron chi connectivity index (χ2n) is 12.7. The Morgan fingerprint density at radius 1 is 0.725 bits per heavy atom. The molecule has 2 aromatic heterocycles. The molecule has 0 saturated carbocycles. The SMILES string of the molecule is CC(C)CCN1CCCC1c1nc2cc(C#Cc3ccc4[nH]c([C@@H]5CCCN5CCC(C)C)nc4c3)ccc2[nH]1. The molecule has 2 aliphatic heterocycles. The maximum absolute atomic E-state index is 5.01. The average Bonchev–Trinajstić information content (AvgIpc) is 3.73. The molecule has 6 rings (SSSR count). The summed E-state index contributed by atoms with van der Waals surface area (Å²) < 4.78 is 0. The Morgan fingerprint density at radius 2 is 1.18 bits per heavy atom. The van der Waals surface area contributed by atoms with Crippen molar-refractivity contribution in [2.24, 2.45) is 11.8 Å². The third-order valence-corrected chi connectivity index (χ3v) is 8.70. The molecule has 2 aliphatic rings. The summed E-state index contributed by atoms with van der Waals surface area (Å²) in [6, 6.07) is 13.5. The molecule has 210 valence electrons. The minimum absolute atomic E-state index is 0.401. The zero-order valence-corrected chi connectivity index (χ0v) is 24.6. The summed E-state index contributed by atoms with van der Waals surface area (Å²) in [7, 11) is 0. The predicted octanol–water partition coefficient (Wildman–Crippen LogP) is 7.21. The quantitative estimate of drug-likeness (QED) is 0.234. The fourth-order valence-corrected chi connectivity index (χ4v) is 6.32. The normalized spacial score (nSPS) is 20.4. The lowest BCUT2D eigenvalue weighted by molar-refractivity contribution is 0.235. The minimum atomic E-state index is 0.401. The fraction of sp³-hybridized carbons (Fsp3) is 0.529. The molecule has 6 heteroatoms. The van der Waals surface area contributed by atoms with Crippen LogP contribution in [0.15, 0.2) is 36.4 Å². The summed E-state index contributed by atoms with van der Waals surface area (Å²) in [5.41, 5.74) is 6.17. The molecule has 2 aromatic carbocycles. The number of nitrogens with one attached hydrogen (secondary N) is 2. The Bertz CT molecular complexity index is 1400. The third kappa shape index (κ3) is 5.96. The van der Waals surface area contributed by atoms with E-state index >= 15 is 0 Å². The zero-order valence-electron chi connectivity index (χ0n) is 24.6. The lowest BCUT2D eigenvalue weighted by Crippen LogP contribution is -2.26. The van der Waals surface area contributed by atoms with E-state index in [1.165, 1.54) is 51.6 Å². The van der Waals surface area contributed by atoms with Crippen molar-refractivity contribution in [2.45, 2.75) is 78.3 Å². The summed E-state index contributed by atoms with van der Waals surface area (Å²) in [5, 5.41) is 0. The van der Waals surface area contributed by atoms with Crippen LogP contribution in [0.25, 0.3) is 22.1 Å². The van der Waals surface area contributed by atoms with Crippen molar-refractivity contribution >= 4 is 22.1 Å². The molecule has 1 unspecified atom stereocenters. The molecule has 0 amide bonds. The van der Waals surface area contributed by atoms with Crippen molar-refractivity contribution in [1.82, 2.24) is 29.7 Å². The summed E-state index contributed by atoms with van der Waals surface area (Å²) in [6.07, 6.45) is 7.32. The highest BCUT2D eigenvalue weighted by atomic mass is 15.2. The van der Waals surface area contributed by atoms with Gasteiger partial charge < -0.3 is 9.97 Å². The average molecular weight is 537 g/mol. The fourth-order valence-electron chi connectivity index (χ4n) is 6.32. The zero-order chi connectivity index (χ0) is 27.6. The van der Waals surface area contributed by atoms with Crippen LogP contribution in [0.4, 0.5) is 0 Å². The van der Waals surface area contributed by atoms with Gasteiger partial charge in [-0.25, -0.2) is 9.97 Å². The van der Waals surface area contributed by atoms with Gasteiger partial charge in [-0.05, 0) is 113 Å². The van der Waals surface area contributed by atoms with Gasteiger partial charge in [-0.15, -0.1) is 0 Å². The number of benzene rings is 2.